The van der Waals surface area contributed by atoms with Crippen molar-refractivity contribution in [1.82, 2.24) is 15.2 Å². The molecule has 176 valence electrons. The van der Waals surface area contributed by atoms with E-state index in [0.29, 0.717) is 16.7 Å². The van der Waals surface area contributed by atoms with Gasteiger partial charge in [0, 0.05) is 33.9 Å². The van der Waals surface area contributed by atoms with E-state index in [1.54, 1.807) is 17.8 Å². The molecule has 0 unspecified atom stereocenters. The first kappa shape index (κ1) is 23.5. The summed E-state index contributed by atoms with van der Waals surface area (Å²) >= 11 is 1.73. The lowest BCUT2D eigenvalue weighted by Crippen LogP contribution is -2.16. The number of methoxy groups -OCH3 is 1. The van der Waals surface area contributed by atoms with Gasteiger partial charge in [-0.2, -0.15) is 0 Å². The zero-order valence-corrected chi connectivity index (χ0v) is 19.8. The number of nitrogens with zero attached hydrogens (tertiary/aromatic N) is 3. The largest absolute Gasteiger partial charge is 0.494 e. The van der Waals surface area contributed by atoms with Gasteiger partial charge in [-0.05, 0) is 37.1 Å². The summed E-state index contributed by atoms with van der Waals surface area (Å²) in [4.78, 5) is 29.5. The Morgan fingerprint density at radius 1 is 1.15 bits per heavy atom. The van der Waals surface area contributed by atoms with Crippen LogP contribution < -0.4 is 15.4 Å². The molecule has 0 radical (unpaired) electrons. The minimum absolute atomic E-state index is 0.0213. The Morgan fingerprint density at radius 3 is 2.56 bits per heavy atom. The standard InChI is InChI=1S/C24H25N5O4S/c1-13(2)34-15-9-10-17(25-12-15)16-5-4-6-18(22(16)33-3)26-19-11-20(27-23(30)14-7-8-14)28-29-21(19)24(31)32/h4-6,9-14H,7-8H2,1-3H3,(H,31,32)(H2,26,27,28,30). The molecule has 4 rings (SSSR count). The van der Waals surface area contributed by atoms with Gasteiger partial charge in [-0.3, -0.25) is 9.78 Å². The third-order valence-electron chi connectivity index (χ3n) is 5.07. The zero-order chi connectivity index (χ0) is 24.2. The number of hydrogen-bond acceptors (Lipinski definition) is 8. The molecule has 1 fully saturated rings. The van der Waals surface area contributed by atoms with Gasteiger partial charge in [0.25, 0.3) is 0 Å². The van der Waals surface area contributed by atoms with Crippen LogP contribution in [-0.4, -0.2) is 44.5 Å². The molecule has 3 aromatic rings. The molecule has 1 amide bonds. The number of benzene rings is 1. The number of nitrogens with one attached hydrogen (secondary N) is 2. The number of anilines is 3. The number of carbonyl (C=O) groups excluding carboxylic acids is 1. The van der Waals surface area contributed by atoms with Gasteiger partial charge in [-0.1, -0.05) is 19.9 Å². The van der Waals surface area contributed by atoms with Gasteiger partial charge in [0.2, 0.25) is 5.91 Å². The summed E-state index contributed by atoms with van der Waals surface area (Å²) in [7, 11) is 1.54. The number of rotatable bonds is 9. The fourth-order valence-corrected chi connectivity index (χ4v) is 4.17. The molecule has 10 heteroatoms. The zero-order valence-electron chi connectivity index (χ0n) is 19.0. The van der Waals surface area contributed by atoms with Gasteiger partial charge in [0.05, 0.1) is 24.2 Å². The number of para-hydroxylation sites is 1. The highest BCUT2D eigenvalue weighted by Crippen LogP contribution is 2.38. The lowest BCUT2D eigenvalue weighted by atomic mass is 10.1. The highest BCUT2D eigenvalue weighted by molar-refractivity contribution is 7.99. The number of carboxylic acids is 1. The molecule has 1 aliphatic carbocycles. The predicted octanol–water partition coefficient (Wildman–Crippen LogP) is 4.84. The Balaban J connectivity index is 1.66. The molecule has 0 aliphatic heterocycles. The van der Waals surface area contributed by atoms with E-state index in [1.807, 2.05) is 30.5 Å². The first-order valence-electron chi connectivity index (χ1n) is 10.8. The second-order valence-electron chi connectivity index (χ2n) is 8.12. The molecular weight excluding hydrogens is 454 g/mol. The molecule has 1 aliphatic rings. The van der Waals surface area contributed by atoms with Crippen molar-refractivity contribution in [3.63, 3.8) is 0 Å². The monoisotopic (exact) mass is 479 g/mol. The number of carboxylic acid groups (broad SMARTS) is 1. The van der Waals surface area contributed by atoms with Crippen LogP contribution in [0.5, 0.6) is 5.75 Å². The van der Waals surface area contributed by atoms with Crippen molar-refractivity contribution in [3.05, 3.63) is 48.3 Å². The van der Waals surface area contributed by atoms with Gasteiger partial charge in [-0.15, -0.1) is 22.0 Å². The maximum atomic E-state index is 12.1. The van der Waals surface area contributed by atoms with Crippen molar-refractivity contribution in [2.45, 2.75) is 36.8 Å². The summed E-state index contributed by atoms with van der Waals surface area (Å²) in [6, 6.07) is 10.9. The van der Waals surface area contributed by atoms with Crippen LogP contribution >= 0.6 is 11.8 Å². The number of amides is 1. The second-order valence-corrected chi connectivity index (χ2v) is 9.77. The Hall–Kier alpha value is -3.66. The summed E-state index contributed by atoms with van der Waals surface area (Å²) in [5, 5.41) is 23.5. The average Bonchev–Trinajstić information content (AvgIpc) is 3.65. The number of pyridine rings is 1. The van der Waals surface area contributed by atoms with Crippen molar-refractivity contribution in [2.75, 3.05) is 17.7 Å². The van der Waals surface area contributed by atoms with Gasteiger partial charge < -0.3 is 20.5 Å². The molecule has 2 aromatic heterocycles. The number of ether oxygens (including phenoxy) is 1. The van der Waals surface area contributed by atoms with Crippen LogP contribution in [0.1, 0.15) is 37.2 Å². The van der Waals surface area contributed by atoms with E-state index < -0.39 is 5.97 Å². The fraction of sp³-hybridized carbons (Fsp3) is 0.292. The summed E-state index contributed by atoms with van der Waals surface area (Å²) in [6.07, 6.45) is 3.50. The Kier molecular flexibility index (Phi) is 6.97. The molecule has 34 heavy (non-hydrogen) atoms. The first-order valence-corrected chi connectivity index (χ1v) is 11.7. The van der Waals surface area contributed by atoms with E-state index in [9.17, 15) is 14.7 Å². The Bertz CT molecular complexity index is 1210. The smallest absolute Gasteiger partial charge is 0.358 e. The van der Waals surface area contributed by atoms with Crippen molar-refractivity contribution >= 4 is 40.8 Å². The number of aromatic carboxylic acids is 1. The molecule has 0 bridgehead atoms. The van der Waals surface area contributed by atoms with Crippen LogP contribution in [0.15, 0.2) is 47.5 Å². The molecule has 0 atom stereocenters. The van der Waals surface area contributed by atoms with Gasteiger partial charge in [0.15, 0.2) is 17.3 Å². The summed E-state index contributed by atoms with van der Waals surface area (Å²) in [6.45, 7) is 4.25. The van der Waals surface area contributed by atoms with E-state index in [4.69, 9.17) is 4.74 Å². The van der Waals surface area contributed by atoms with Crippen LogP contribution in [0.4, 0.5) is 17.2 Å². The fourth-order valence-electron chi connectivity index (χ4n) is 3.36. The average molecular weight is 480 g/mol. The van der Waals surface area contributed by atoms with Crippen LogP contribution in [-0.2, 0) is 4.79 Å². The minimum Gasteiger partial charge on any atom is -0.494 e. The quantitative estimate of drug-likeness (QED) is 0.370. The molecule has 0 spiro atoms. The van der Waals surface area contributed by atoms with Crippen molar-refractivity contribution in [1.29, 1.82) is 0 Å². The van der Waals surface area contributed by atoms with Crippen LogP contribution in [0.2, 0.25) is 0 Å². The molecule has 9 nitrogen and oxygen atoms in total. The third-order valence-corrected chi connectivity index (χ3v) is 6.05. The Labute approximate surface area is 201 Å². The normalized spacial score (nSPS) is 12.9. The van der Waals surface area contributed by atoms with Gasteiger partial charge >= 0.3 is 5.97 Å². The predicted molar refractivity (Wildman–Crippen MR) is 131 cm³/mol. The maximum Gasteiger partial charge on any atom is 0.358 e. The maximum absolute atomic E-state index is 12.1. The summed E-state index contributed by atoms with van der Waals surface area (Å²) in [5.74, 6) is -0.736. The highest BCUT2D eigenvalue weighted by atomic mass is 32.2. The molecular formula is C24H25N5O4S. The van der Waals surface area contributed by atoms with Crippen LogP contribution in [0.25, 0.3) is 11.3 Å². The van der Waals surface area contributed by atoms with Crippen LogP contribution in [0, 0.1) is 5.92 Å². The molecule has 2 heterocycles. The lowest BCUT2D eigenvalue weighted by molar-refractivity contribution is -0.117. The van der Waals surface area contributed by atoms with E-state index in [2.05, 4.69) is 39.7 Å². The van der Waals surface area contributed by atoms with Crippen LogP contribution in [0.3, 0.4) is 0 Å². The SMILES string of the molecule is COc1c(Nc2cc(NC(=O)C3CC3)nnc2C(=O)O)cccc1-c1ccc(SC(C)C)cn1. The molecule has 0 saturated heterocycles. The molecule has 1 aromatic carbocycles. The summed E-state index contributed by atoms with van der Waals surface area (Å²) in [5.41, 5.74) is 1.90. The molecule has 3 N–H and O–H groups in total. The topological polar surface area (TPSA) is 126 Å². The number of thioether (sulfide) groups is 1. The van der Waals surface area contributed by atoms with E-state index in [1.165, 1.54) is 13.2 Å². The minimum atomic E-state index is -1.25. The van der Waals surface area contributed by atoms with E-state index in [-0.39, 0.29) is 29.0 Å². The summed E-state index contributed by atoms with van der Waals surface area (Å²) < 4.78 is 5.67. The second kappa shape index (κ2) is 10.1. The van der Waals surface area contributed by atoms with E-state index >= 15 is 0 Å². The Morgan fingerprint density at radius 2 is 1.94 bits per heavy atom. The third kappa shape index (κ3) is 5.45. The molecule has 1 saturated carbocycles. The van der Waals surface area contributed by atoms with Crippen molar-refractivity contribution < 1.29 is 19.4 Å². The van der Waals surface area contributed by atoms with Crippen molar-refractivity contribution in [2.24, 2.45) is 5.92 Å². The van der Waals surface area contributed by atoms with Crippen molar-refractivity contribution in [3.8, 4) is 17.0 Å². The van der Waals surface area contributed by atoms with E-state index in [0.717, 1.165) is 29.0 Å². The van der Waals surface area contributed by atoms with Gasteiger partial charge in [0.1, 0.15) is 0 Å². The lowest BCUT2D eigenvalue weighted by Gasteiger charge is -2.16. The number of carbonyl (C=O) groups is 2. The highest BCUT2D eigenvalue weighted by Gasteiger charge is 2.30. The first-order chi connectivity index (χ1) is 16.4. The van der Waals surface area contributed by atoms with Gasteiger partial charge in [-0.25, -0.2) is 4.79 Å². The number of hydrogen-bond donors (Lipinski definition) is 3. The number of aromatic nitrogens is 3.